The summed E-state index contributed by atoms with van der Waals surface area (Å²) in [4.78, 5) is 14.5. The van der Waals surface area contributed by atoms with Gasteiger partial charge in [-0.15, -0.1) is 0 Å². The van der Waals surface area contributed by atoms with Crippen molar-refractivity contribution in [3.05, 3.63) is 68.6 Å². The third-order valence-electron chi connectivity index (χ3n) is 5.23. The number of aryl methyl sites for hydroxylation is 1. The monoisotopic (exact) mass is 558 g/mol. The van der Waals surface area contributed by atoms with Crippen LogP contribution in [0.25, 0.3) is 11.1 Å². The molecule has 0 saturated carbocycles. The van der Waals surface area contributed by atoms with Crippen LogP contribution in [0.1, 0.15) is 24.8 Å². The second kappa shape index (κ2) is 10.3. The highest BCUT2D eigenvalue weighted by molar-refractivity contribution is 14.1. The SMILES string of the molecule is C=CS(=O)(=O)NC1CCN(C(=O)CCc2cc(-c3ccccc3)c(Cl)cc2I)CC1. The van der Waals surface area contributed by atoms with Gasteiger partial charge >= 0.3 is 0 Å². The fourth-order valence-corrected chi connectivity index (χ4v) is 5.54. The molecule has 1 fully saturated rings. The van der Waals surface area contributed by atoms with E-state index in [4.69, 9.17) is 11.6 Å². The molecule has 1 aliphatic rings. The maximum Gasteiger partial charge on any atom is 0.233 e. The molecule has 1 aliphatic heterocycles. The molecule has 0 radical (unpaired) electrons. The summed E-state index contributed by atoms with van der Waals surface area (Å²) in [6, 6.07) is 13.8. The molecule has 3 rings (SSSR count). The predicted molar refractivity (Wildman–Crippen MR) is 130 cm³/mol. The number of nitrogens with one attached hydrogen (secondary N) is 1. The minimum absolute atomic E-state index is 0.0899. The number of carbonyl (C=O) groups is 1. The number of likely N-dealkylation sites (tertiary alicyclic amines) is 1. The highest BCUT2D eigenvalue weighted by Crippen LogP contribution is 2.32. The van der Waals surface area contributed by atoms with Crippen LogP contribution >= 0.6 is 34.2 Å². The molecule has 0 aromatic heterocycles. The number of amides is 1. The molecule has 2 aromatic carbocycles. The maximum absolute atomic E-state index is 12.7. The van der Waals surface area contributed by atoms with Gasteiger partial charge < -0.3 is 4.90 Å². The van der Waals surface area contributed by atoms with Crippen LogP contribution in [-0.4, -0.2) is 38.4 Å². The van der Waals surface area contributed by atoms with Gasteiger partial charge in [-0.3, -0.25) is 4.79 Å². The molecule has 0 bridgehead atoms. The molecule has 2 aromatic rings. The largest absolute Gasteiger partial charge is 0.343 e. The van der Waals surface area contributed by atoms with Gasteiger partial charge in [0.15, 0.2) is 0 Å². The Hall–Kier alpha value is -1.42. The first-order valence-corrected chi connectivity index (χ1v) is 12.8. The minimum atomic E-state index is -3.44. The summed E-state index contributed by atoms with van der Waals surface area (Å²) in [6.45, 7) is 4.41. The van der Waals surface area contributed by atoms with E-state index in [0.29, 0.717) is 43.8 Å². The molecule has 0 unspecified atom stereocenters. The van der Waals surface area contributed by atoms with Crippen molar-refractivity contribution in [2.24, 2.45) is 0 Å². The summed E-state index contributed by atoms with van der Waals surface area (Å²) in [6.07, 6.45) is 2.26. The molecule has 5 nitrogen and oxygen atoms in total. The fourth-order valence-electron chi connectivity index (χ4n) is 3.55. The number of hydrogen-bond acceptors (Lipinski definition) is 3. The van der Waals surface area contributed by atoms with Crippen LogP contribution < -0.4 is 4.72 Å². The van der Waals surface area contributed by atoms with E-state index in [1.807, 2.05) is 41.3 Å². The van der Waals surface area contributed by atoms with Gasteiger partial charge in [0.25, 0.3) is 0 Å². The van der Waals surface area contributed by atoms with Gasteiger partial charge in [-0.25, -0.2) is 13.1 Å². The summed E-state index contributed by atoms with van der Waals surface area (Å²) >= 11 is 8.71. The summed E-state index contributed by atoms with van der Waals surface area (Å²) in [5, 5.41) is 1.62. The Morgan fingerprint density at radius 1 is 1.23 bits per heavy atom. The van der Waals surface area contributed by atoms with Crippen molar-refractivity contribution in [3.63, 3.8) is 0 Å². The summed E-state index contributed by atoms with van der Waals surface area (Å²) in [5.41, 5.74) is 3.12. The fraction of sp³-hybridized carbons (Fsp3) is 0.318. The average molecular weight is 559 g/mol. The summed E-state index contributed by atoms with van der Waals surface area (Å²) in [7, 11) is -3.44. The van der Waals surface area contributed by atoms with Crippen LogP contribution in [0.2, 0.25) is 5.02 Å². The lowest BCUT2D eigenvalue weighted by atomic mass is 10.00. The molecule has 0 spiro atoms. The molecular weight excluding hydrogens is 535 g/mol. The first-order valence-electron chi connectivity index (χ1n) is 9.75. The molecule has 0 aliphatic carbocycles. The number of benzene rings is 2. The third-order valence-corrected chi connectivity index (χ3v) is 7.64. The lowest BCUT2D eigenvalue weighted by Gasteiger charge is -2.32. The molecule has 8 heteroatoms. The van der Waals surface area contributed by atoms with Crippen LogP contribution in [-0.2, 0) is 21.2 Å². The number of sulfonamides is 1. The van der Waals surface area contributed by atoms with E-state index in [2.05, 4.69) is 40.0 Å². The Kier molecular flexibility index (Phi) is 7.95. The van der Waals surface area contributed by atoms with E-state index in [0.717, 1.165) is 25.7 Å². The topological polar surface area (TPSA) is 66.5 Å². The van der Waals surface area contributed by atoms with Crippen LogP contribution in [0.4, 0.5) is 0 Å². The first-order chi connectivity index (χ1) is 14.3. The van der Waals surface area contributed by atoms with Gasteiger partial charge in [0, 0.05) is 45.1 Å². The van der Waals surface area contributed by atoms with E-state index in [-0.39, 0.29) is 11.9 Å². The highest BCUT2D eigenvalue weighted by Gasteiger charge is 2.25. The van der Waals surface area contributed by atoms with Crippen LogP contribution in [0.5, 0.6) is 0 Å². The van der Waals surface area contributed by atoms with Gasteiger partial charge in [0.05, 0.1) is 0 Å². The quantitative estimate of drug-likeness (QED) is 0.505. The van der Waals surface area contributed by atoms with Crippen molar-refractivity contribution in [1.29, 1.82) is 0 Å². The van der Waals surface area contributed by atoms with Gasteiger partial charge in [0.1, 0.15) is 0 Å². The molecule has 160 valence electrons. The molecule has 1 heterocycles. The van der Waals surface area contributed by atoms with Crippen LogP contribution in [0.15, 0.2) is 54.5 Å². The summed E-state index contributed by atoms with van der Waals surface area (Å²) in [5.74, 6) is 0.0899. The van der Waals surface area contributed by atoms with Gasteiger partial charge in [-0.1, -0.05) is 48.5 Å². The molecule has 1 N–H and O–H groups in total. The zero-order valence-electron chi connectivity index (χ0n) is 16.5. The van der Waals surface area contributed by atoms with E-state index in [9.17, 15) is 13.2 Å². The number of piperidine rings is 1. The van der Waals surface area contributed by atoms with Crippen molar-refractivity contribution in [3.8, 4) is 11.1 Å². The average Bonchev–Trinajstić information content (AvgIpc) is 2.74. The van der Waals surface area contributed by atoms with E-state index >= 15 is 0 Å². The smallest absolute Gasteiger partial charge is 0.233 e. The second-order valence-corrected chi connectivity index (χ2v) is 10.5. The molecule has 1 saturated heterocycles. The Bertz CT molecular complexity index is 1020. The molecule has 1 amide bonds. The Morgan fingerprint density at radius 2 is 1.90 bits per heavy atom. The number of nitrogens with zero attached hydrogens (tertiary/aromatic N) is 1. The predicted octanol–water partition coefficient (Wildman–Crippen LogP) is 4.60. The van der Waals surface area contributed by atoms with Crippen molar-refractivity contribution in [2.75, 3.05) is 13.1 Å². The Labute approximate surface area is 196 Å². The number of hydrogen-bond donors (Lipinski definition) is 1. The Morgan fingerprint density at radius 3 is 2.53 bits per heavy atom. The van der Waals surface area contributed by atoms with Gasteiger partial charge in [0.2, 0.25) is 15.9 Å². The Balaban J connectivity index is 1.60. The number of rotatable bonds is 7. The number of halogens is 2. The minimum Gasteiger partial charge on any atom is -0.343 e. The standard InChI is InChI=1S/C22H24ClIN2O3S/c1-2-30(28,29)25-18-10-12-26(13-11-18)22(27)9-8-17-14-19(20(23)15-21(17)24)16-6-4-3-5-7-16/h2-7,14-15,18,25H,1,8-13H2. The van der Waals surface area contributed by atoms with Gasteiger partial charge in [-0.2, -0.15) is 0 Å². The van der Waals surface area contributed by atoms with Crippen LogP contribution in [0, 0.1) is 3.57 Å². The van der Waals surface area contributed by atoms with Crippen molar-refractivity contribution < 1.29 is 13.2 Å². The van der Waals surface area contributed by atoms with Crippen LogP contribution in [0.3, 0.4) is 0 Å². The van der Waals surface area contributed by atoms with Crippen molar-refractivity contribution >= 4 is 50.1 Å². The normalized spacial score (nSPS) is 15.2. The van der Waals surface area contributed by atoms with E-state index in [1.165, 1.54) is 0 Å². The zero-order chi connectivity index (χ0) is 21.7. The molecule has 0 atom stereocenters. The zero-order valence-corrected chi connectivity index (χ0v) is 20.2. The molecular formula is C22H24ClIN2O3S. The third kappa shape index (κ3) is 6.06. The lowest BCUT2D eigenvalue weighted by molar-refractivity contribution is -0.132. The highest BCUT2D eigenvalue weighted by atomic mass is 127. The molecule has 30 heavy (non-hydrogen) atoms. The maximum atomic E-state index is 12.7. The van der Waals surface area contributed by atoms with Crippen molar-refractivity contribution in [1.82, 2.24) is 9.62 Å². The van der Waals surface area contributed by atoms with Crippen molar-refractivity contribution in [2.45, 2.75) is 31.7 Å². The van der Waals surface area contributed by atoms with Gasteiger partial charge in [-0.05, 0) is 65.1 Å². The number of carbonyl (C=O) groups excluding carboxylic acids is 1. The summed E-state index contributed by atoms with van der Waals surface area (Å²) < 4.78 is 26.9. The second-order valence-electron chi connectivity index (χ2n) is 7.27. The van der Waals surface area contributed by atoms with E-state index in [1.54, 1.807) is 0 Å². The first kappa shape index (κ1) is 23.2. The van der Waals surface area contributed by atoms with E-state index < -0.39 is 10.0 Å². The lowest BCUT2D eigenvalue weighted by Crippen LogP contribution is -2.46.